The van der Waals surface area contributed by atoms with Crippen LogP contribution in [0.1, 0.15) is 20.8 Å². The molecule has 0 radical (unpaired) electrons. The molecule has 0 aliphatic rings. The molecule has 0 heterocycles. The first-order valence-electron chi connectivity index (χ1n) is 3.14. The molecule has 0 fully saturated rings. The molecule has 1 atom stereocenters. The molecule has 1 unspecified atom stereocenters. The first-order chi connectivity index (χ1) is 3.98. The van der Waals surface area contributed by atoms with Crippen LogP contribution in [-0.4, -0.2) is 23.4 Å². The van der Waals surface area contributed by atoms with Crippen LogP contribution < -0.4 is 11.1 Å². The fourth-order valence-corrected chi connectivity index (χ4v) is 0.624. The molecule has 4 N–H and O–H groups in total. The quantitative estimate of drug-likeness (QED) is 0.460. The lowest BCUT2D eigenvalue weighted by atomic mass is 10.1. The SMILES string of the molecule is CC(O)NC(C)(C)CN. The Bertz CT molecular complexity index is 81.1. The fraction of sp³-hybridized carbons (Fsp3) is 1.00. The van der Waals surface area contributed by atoms with Crippen molar-refractivity contribution in [3.63, 3.8) is 0 Å². The molecule has 0 aromatic heterocycles. The van der Waals surface area contributed by atoms with Crippen molar-refractivity contribution in [3.05, 3.63) is 0 Å². The number of hydrogen-bond acceptors (Lipinski definition) is 3. The van der Waals surface area contributed by atoms with Crippen molar-refractivity contribution in [2.45, 2.75) is 32.5 Å². The van der Waals surface area contributed by atoms with E-state index in [2.05, 4.69) is 5.32 Å². The third kappa shape index (κ3) is 4.39. The van der Waals surface area contributed by atoms with Gasteiger partial charge in [0.25, 0.3) is 0 Å². The van der Waals surface area contributed by atoms with Crippen LogP contribution in [0.4, 0.5) is 0 Å². The van der Waals surface area contributed by atoms with Crippen molar-refractivity contribution >= 4 is 0 Å². The van der Waals surface area contributed by atoms with E-state index in [9.17, 15) is 0 Å². The van der Waals surface area contributed by atoms with Gasteiger partial charge >= 0.3 is 0 Å². The van der Waals surface area contributed by atoms with E-state index in [-0.39, 0.29) is 5.54 Å². The van der Waals surface area contributed by atoms with E-state index in [1.807, 2.05) is 13.8 Å². The highest BCUT2D eigenvalue weighted by Gasteiger charge is 2.15. The van der Waals surface area contributed by atoms with Gasteiger partial charge in [0.2, 0.25) is 0 Å². The van der Waals surface area contributed by atoms with Gasteiger partial charge in [-0.15, -0.1) is 0 Å². The Hall–Kier alpha value is -0.120. The number of hydrogen-bond donors (Lipinski definition) is 3. The third-order valence-corrected chi connectivity index (χ3v) is 1.11. The zero-order chi connectivity index (χ0) is 7.49. The summed E-state index contributed by atoms with van der Waals surface area (Å²) in [5, 5.41) is 11.8. The minimum absolute atomic E-state index is 0.159. The number of nitrogens with one attached hydrogen (secondary N) is 1. The lowest BCUT2D eigenvalue weighted by Gasteiger charge is -2.25. The summed E-state index contributed by atoms with van der Waals surface area (Å²) in [7, 11) is 0. The smallest absolute Gasteiger partial charge is 0.102 e. The summed E-state index contributed by atoms with van der Waals surface area (Å²) in [6, 6.07) is 0. The van der Waals surface area contributed by atoms with Crippen LogP contribution in [0.3, 0.4) is 0 Å². The monoisotopic (exact) mass is 132 g/mol. The topological polar surface area (TPSA) is 58.3 Å². The van der Waals surface area contributed by atoms with Crippen LogP contribution >= 0.6 is 0 Å². The van der Waals surface area contributed by atoms with Crippen molar-refractivity contribution in [1.29, 1.82) is 0 Å². The summed E-state index contributed by atoms with van der Waals surface area (Å²) in [4.78, 5) is 0. The first-order valence-corrected chi connectivity index (χ1v) is 3.14. The second kappa shape index (κ2) is 3.15. The van der Waals surface area contributed by atoms with Gasteiger partial charge in [-0.2, -0.15) is 0 Å². The fourth-order valence-electron chi connectivity index (χ4n) is 0.624. The van der Waals surface area contributed by atoms with E-state index in [1.54, 1.807) is 6.92 Å². The van der Waals surface area contributed by atoms with E-state index in [0.29, 0.717) is 6.54 Å². The van der Waals surface area contributed by atoms with Crippen molar-refractivity contribution in [2.24, 2.45) is 5.73 Å². The van der Waals surface area contributed by atoms with Crippen molar-refractivity contribution in [3.8, 4) is 0 Å². The Morgan fingerprint density at radius 2 is 2.11 bits per heavy atom. The summed E-state index contributed by atoms with van der Waals surface area (Å²) in [5.41, 5.74) is 5.22. The van der Waals surface area contributed by atoms with E-state index < -0.39 is 6.23 Å². The van der Waals surface area contributed by atoms with Crippen LogP contribution in [0.15, 0.2) is 0 Å². The molecule has 0 aromatic rings. The van der Waals surface area contributed by atoms with Gasteiger partial charge in [-0.1, -0.05) is 0 Å². The van der Waals surface area contributed by atoms with Crippen LogP contribution in [0.5, 0.6) is 0 Å². The molecule has 0 aliphatic heterocycles. The minimum Gasteiger partial charge on any atom is -0.379 e. The van der Waals surface area contributed by atoms with Crippen LogP contribution in [0, 0.1) is 0 Å². The molecule has 0 saturated carbocycles. The normalized spacial score (nSPS) is 15.7. The van der Waals surface area contributed by atoms with Gasteiger partial charge in [-0.3, -0.25) is 5.32 Å². The summed E-state index contributed by atoms with van der Waals surface area (Å²) in [5.74, 6) is 0. The summed E-state index contributed by atoms with van der Waals surface area (Å²) in [6.45, 7) is 6.09. The van der Waals surface area contributed by atoms with Gasteiger partial charge in [-0.25, -0.2) is 0 Å². The number of aliphatic hydroxyl groups excluding tert-OH is 1. The molecule has 0 saturated heterocycles. The average Bonchev–Trinajstić information content (AvgIpc) is 1.63. The van der Waals surface area contributed by atoms with Gasteiger partial charge in [0.05, 0.1) is 0 Å². The molecule has 0 aromatic carbocycles. The van der Waals surface area contributed by atoms with E-state index in [0.717, 1.165) is 0 Å². The molecule has 0 amide bonds. The van der Waals surface area contributed by atoms with Crippen LogP contribution in [-0.2, 0) is 0 Å². The number of nitrogens with two attached hydrogens (primary N) is 1. The highest BCUT2D eigenvalue weighted by molar-refractivity contribution is 4.77. The van der Waals surface area contributed by atoms with Crippen molar-refractivity contribution in [2.75, 3.05) is 6.54 Å². The maximum atomic E-state index is 8.85. The first kappa shape index (κ1) is 8.88. The van der Waals surface area contributed by atoms with E-state index in [1.165, 1.54) is 0 Å². The van der Waals surface area contributed by atoms with E-state index >= 15 is 0 Å². The number of rotatable bonds is 3. The van der Waals surface area contributed by atoms with Crippen LogP contribution in [0.2, 0.25) is 0 Å². The van der Waals surface area contributed by atoms with Gasteiger partial charge in [-0.05, 0) is 20.8 Å². The molecule has 9 heavy (non-hydrogen) atoms. The molecule has 56 valence electrons. The molecule has 0 bridgehead atoms. The molecular formula is C6H16N2O. The summed E-state index contributed by atoms with van der Waals surface area (Å²) < 4.78 is 0. The summed E-state index contributed by atoms with van der Waals surface area (Å²) in [6.07, 6.45) is -0.483. The average molecular weight is 132 g/mol. The molecule has 0 spiro atoms. The maximum absolute atomic E-state index is 8.85. The highest BCUT2D eigenvalue weighted by atomic mass is 16.3. The zero-order valence-corrected chi connectivity index (χ0v) is 6.31. The molecule has 0 rings (SSSR count). The second-order valence-corrected chi connectivity index (χ2v) is 2.91. The third-order valence-electron chi connectivity index (χ3n) is 1.11. The lowest BCUT2D eigenvalue weighted by molar-refractivity contribution is 0.120. The molecule has 3 nitrogen and oxygen atoms in total. The minimum atomic E-state index is -0.483. The van der Waals surface area contributed by atoms with Gasteiger partial charge in [0, 0.05) is 12.1 Å². The van der Waals surface area contributed by atoms with Gasteiger partial charge in [0.15, 0.2) is 0 Å². The largest absolute Gasteiger partial charge is 0.379 e. The Morgan fingerprint density at radius 1 is 1.67 bits per heavy atom. The lowest BCUT2D eigenvalue weighted by Crippen LogP contribution is -2.49. The standard InChI is InChI=1S/C6H16N2O/c1-5(9)8-6(2,3)4-7/h5,8-9H,4,7H2,1-3H3. The van der Waals surface area contributed by atoms with Crippen molar-refractivity contribution < 1.29 is 5.11 Å². The predicted octanol–water partition coefficient (Wildman–Crippen LogP) is -0.348. The molecular weight excluding hydrogens is 116 g/mol. The Labute approximate surface area is 56.2 Å². The van der Waals surface area contributed by atoms with Gasteiger partial charge in [0.1, 0.15) is 6.23 Å². The van der Waals surface area contributed by atoms with Crippen LogP contribution in [0.25, 0.3) is 0 Å². The van der Waals surface area contributed by atoms with Crippen molar-refractivity contribution in [1.82, 2.24) is 5.32 Å². The van der Waals surface area contributed by atoms with Gasteiger partial charge < -0.3 is 10.8 Å². The zero-order valence-electron chi connectivity index (χ0n) is 6.31. The Morgan fingerprint density at radius 3 is 2.22 bits per heavy atom. The van der Waals surface area contributed by atoms with E-state index in [4.69, 9.17) is 10.8 Å². The molecule has 3 heteroatoms. The maximum Gasteiger partial charge on any atom is 0.102 e. The second-order valence-electron chi connectivity index (χ2n) is 2.91. The predicted molar refractivity (Wildman–Crippen MR) is 37.9 cm³/mol. The summed E-state index contributed by atoms with van der Waals surface area (Å²) >= 11 is 0. The highest BCUT2D eigenvalue weighted by Crippen LogP contribution is 1.98. The Kier molecular flexibility index (Phi) is 3.11. The number of aliphatic hydroxyl groups is 1. The molecule has 0 aliphatic carbocycles. The Balaban J connectivity index is 3.58.